The van der Waals surface area contributed by atoms with Gasteiger partial charge in [0.2, 0.25) is 5.91 Å². The van der Waals surface area contributed by atoms with Crippen molar-refractivity contribution in [2.75, 3.05) is 24.5 Å². The summed E-state index contributed by atoms with van der Waals surface area (Å²) in [5.74, 6) is -0.323. The van der Waals surface area contributed by atoms with Crippen molar-refractivity contribution in [3.05, 3.63) is 42.7 Å². The number of benzene rings is 1. The minimum atomic E-state index is -0.337. The average Bonchev–Trinajstić information content (AvgIpc) is 3.26. The minimum Gasteiger partial charge on any atom is -0.308 e. The van der Waals surface area contributed by atoms with Crippen LogP contribution >= 0.6 is 0 Å². The topological polar surface area (TPSA) is 54.3 Å². The van der Waals surface area contributed by atoms with Crippen LogP contribution in [0.4, 0.5) is 10.1 Å². The number of amides is 1. The van der Waals surface area contributed by atoms with Crippen molar-refractivity contribution in [3.8, 4) is 0 Å². The summed E-state index contributed by atoms with van der Waals surface area (Å²) in [5, 5.41) is 4.21. The summed E-state index contributed by atoms with van der Waals surface area (Å²) < 4.78 is 15.9. The molecular formula is C17H20FN5O. The quantitative estimate of drug-likeness (QED) is 0.862. The van der Waals surface area contributed by atoms with E-state index in [1.165, 1.54) is 6.07 Å². The molecule has 1 amide bonds. The second-order valence-corrected chi connectivity index (χ2v) is 6.39. The molecule has 3 heterocycles. The van der Waals surface area contributed by atoms with E-state index in [1.54, 1.807) is 35.8 Å². The van der Waals surface area contributed by atoms with Gasteiger partial charge >= 0.3 is 0 Å². The van der Waals surface area contributed by atoms with Crippen molar-refractivity contribution in [2.24, 2.45) is 0 Å². The molecule has 4 rings (SSSR count). The lowest BCUT2D eigenvalue weighted by atomic mass is 10.0. The molecule has 0 unspecified atom stereocenters. The van der Waals surface area contributed by atoms with Crippen LogP contribution in [0.3, 0.4) is 0 Å². The van der Waals surface area contributed by atoms with Crippen molar-refractivity contribution in [3.63, 3.8) is 0 Å². The number of halogens is 1. The van der Waals surface area contributed by atoms with E-state index in [0.29, 0.717) is 18.3 Å². The van der Waals surface area contributed by atoms with Crippen LogP contribution in [-0.4, -0.2) is 51.2 Å². The van der Waals surface area contributed by atoms with Crippen LogP contribution in [0.1, 0.15) is 25.3 Å². The SMILES string of the molecule is O=C1[C@H](N2CCC(n3cncn3)CC2)CCN1c1ccccc1F. The molecule has 126 valence electrons. The van der Waals surface area contributed by atoms with Gasteiger partial charge in [0.25, 0.3) is 0 Å². The molecule has 2 saturated heterocycles. The van der Waals surface area contributed by atoms with Crippen molar-refractivity contribution >= 4 is 11.6 Å². The Labute approximate surface area is 139 Å². The van der Waals surface area contributed by atoms with Gasteiger partial charge in [-0.05, 0) is 31.4 Å². The lowest BCUT2D eigenvalue weighted by Gasteiger charge is -2.35. The molecule has 1 aromatic carbocycles. The lowest BCUT2D eigenvalue weighted by Crippen LogP contribution is -2.46. The van der Waals surface area contributed by atoms with Gasteiger partial charge in [0.15, 0.2) is 0 Å². The third-order valence-electron chi connectivity index (χ3n) is 5.07. The molecule has 0 bridgehead atoms. The van der Waals surface area contributed by atoms with Gasteiger partial charge in [-0.2, -0.15) is 5.10 Å². The Morgan fingerprint density at radius 2 is 1.88 bits per heavy atom. The summed E-state index contributed by atoms with van der Waals surface area (Å²) in [6, 6.07) is 6.70. The minimum absolute atomic E-state index is 0.0132. The molecule has 24 heavy (non-hydrogen) atoms. The highest BCUT2D eigenvalue weighted by atomic mass is 19.1. The van der Waals surface area contributed by atoms with Crippen LogP contribution in [0.25, 0.3) is 0 Å². The fraction of sp³-hybridized carbons (Fsp3) is 0.471. The number of carbonyl (C=O) groups excluding carboxylic acids is 1. The number of rotatable bonds is 3. The summed E-state index contributed by atoms with van der Waals surface area (Å²) in [6.07, 6.45) is 5.96. The van der Waals surface area contributed by atoms with E-state index in [9.17, 15) is 9.18 Å². The number of carbonyl (C=O) groups is 1. The zero-order valence-electron chi connectivity index (χ0n) is 13.4. The molecule has 2 aliphatic heterocycles. The number of aromatic nitrogens is 3. The zero-order chi connectivity index (χ0) is 16.5. The smallest absolute Gasteiger partial charge is 0.244 e. The molecule has 2 fully saturated rings. The van der Waals surface area contributed by atoms with Gasteiger partial charge in [-0.25, -0.2) is 14.1 Å². The van der Waals surface area contributed by atoms with Crippen molar-refractivity contribution < 1.29 is 9.18 Å². The van der Waals surface area contributed by atoms with Gasteiger partial charge in [0.05, 0.1) is 17.8 Å². The van der Waals surface area contributed by atoms with Crippen molar-refractivity contribution in [1.29, 1.82) is 0 Å². The number of nitrogens with zero attached hydrogens (tertiary/aromatic N) is 5. The highest BCUT2D eigenvalue weighted by molar-refractivity contribution is 5.99. The Bertz CT molecular complexity index is 712. The number of para-hydroxylation sites is 1. The lowest BCUT2D eigenvalue weighted by molar-refractivity contribution is -0.122. The molecule has 2 aliphatic rings. The number of hydrogen-bond donors (Lipinski definition) is 0. The summed E-state index contributed by atoms with van der Waals surface area (Å²) >= 11 is 0. The van der Waals surface area contributed by atoms with Crippen molar-refractivity contribution in [2.45, 2.75) is 31.3 Å². The number of likely N-dealkylation sites (tertiary alicyclic amines) is 1. The van der Waals surface area contributed by atoms with Crippen LogP contribution in [0, 0.1) is 5.82 Å². The molecular weight excluding hydrogens is 309 g/mol. The fourth-order valence-corrected chi connectivity index (χ4v) is 3.78. The Hall–Kier alpha value is -2.28. The Morgan fingerprint density at radius 1 is 1.08 bits per heavy atom. The van der Waals surface area contributed by atoms with E-state index in [-0.39, 0.29) is 17.8 Å². The zero-order valence-corrected chi connectivity index (χ0v) is 13.4. The molecule has 0 saturated carbocycles. The van der Waals surface area contributed by atoms with E-state index in [0.717, 1.165) is 32.4 Å². The van der Waals surface area contributed by atoms with Crippen molar-refractivity contribution in [1.82, 2.24) is 19.7 Å². The summed E-state index contributed by atoms with van der Waals surface area (Å²) in [4.78, 5) is 20.6. The molecule has 7 heteroatoms. The van der Waals surface area contributed by atoms with E-state index in [2.05, 4.69) is 15.0 Å². The second-order valence-electron chi connectivity index (χ2n) is 6.39. The Kier molecular flexibility index (Phi) is 4.02. The molecule has 1 atom stereocenters. The monoisotopic (exact) mass is 329 g/mol. The number of hydrogen-bond acceptors (Lipinski definition) is 4. The average molecular weight is 329 g/mol. The highest BCUT2D eigenvalue weighted by Crippen LogP contribution is 2.30. The molecule has 0 radical (unpaired) electrons. The second kappa shape index (κ2) is 6.32. The van der Waals surface area contributed by atoms with Gasteiger partial charge in [-0.15, -0.1) is 0 Å². The van der Waals surface area contributed by atoms with Crippen LogP contribution in [0.15, 0.2) is 36.9 Å². The maximum absolute atomic E-state index is 14.0. The molecule has 6 nitrogen and oxygen atoms in total. The van der Waals surface area contributed by atoms with Gasteiger partial charge in [-0.3, -0.25) is 9.69 Å². The third-order valence-corrected chi connectivity index (χ3v) is 5.07. The third kappa shape index (κ3) is 2.69. The van der Waals surface area contributed by atoms with Crippen LogP contribution in [-0.2, 0) is 4.79 Å². The van der Waals surface area contributed by atoms with E-state index in [1.807, 2.05) is 4.68 Å². The first-order valence-corrected chi connectivity index (χ1v) is 8.38. The van der Waals surface area contributed by atoms with Gasteiger partial charge in [0, 0.05) is 19.6 Å². The normalized spacial score (nSPS) is 23.1. The first-order valence-electron chi connectivity index (χ1n) is 8.38. The van der Waals surface area contributed by atoms with Gasteiger partial charge in [-0.1, -0.05) is 12.1 Å². The largest absolute Gasteiger partial charge is 0.308 e. The summed E-state index contributed by atoms with van der Waals surface area (Å²) in [5.41, 5.74) is 0.391. The Morgan fingerprint density at radius 3 is 2.58 bits per heavy atom. The standard InChI is InChI=1S/C17H20FN5O/c18-14-3-1-2-4-15(14)22-10-7-16(17(22)24)21-8-5-13(6-9-21)23-12-19-11-20-23/h1-4,11-13,16H,5-10H2/t16-/m1/s1. The van der Waals surface area contributed by atoms with Crippen LogP contribution < -0.4 is 4.90 Å². The van der Waals surface area contributed by atoms with E-state index >= 15 is 0 Å². The van der Waals surface area contributed by atoms with E-state index in [4.69, 9.17) is 0 Å². The predicted molar refractivity (Wildman–Crippen MR) is 87.0 cm³/mol. The first-order chi connectivity index (χ1) is 11.7. The maximum Gasteiger partial charge on any atom is 0.244 e. The Balaban J connectivity index is 1.42. The van der Waals surface area contributed by atoms with Gasteiger partial charge in [0.1, 0.15) is 18.5 Å². The molecule has 0 spiro atoms. The summed E-state index contributed by atoms with van der Waals surface area (Å²) in [6.45, 7) is 2.28. The van der Waals surface area contributed by atoms with Crippen LogP contribution in [0.2, 0.25) is 0 Å². The molecule has 2 aromatic rings. The highest BCUT2D eigenvalue weighted by Gasteiger charge is 2.38. The molecule has 0 N–H and O–H groups in total. The number of anilines is 1. The van der Waals surface area contributed by atoms with Gasteiger partial charge < -0.3 is 4.90 Å². The fourth-order valence-electron chi connectivity index (χ4n) is 3.78. The maximum atomic E-state index is 14.0. The first kappa shape index (κ1) is 15.3. The predicted octanol–water partition coefficient (Wildman–Crippen LogP) is 1.86. The van der Waals surface area contributed by atoms with Crippen LogP contribution in [0.5, 0.6) is 0 Å². The van der Waals surface area contributed by atoms with E-state index < -0.39 is 0 Å². The number of piperidine rings is 1. The molecule has 1 aromatic heterocycles. The molecule has 0 aliphatic carbocycles. The summed E-state index contributed by atoms with van der Waals surface area (Å²) in [7, 11) is 0.